The van der Waals surface area contributed by atoms with Gasteiger partial charge in [0.05, 0.1) is 17.7 Å². The van der Waals surface area contributed by atoms with E-state index in [-0.39, 0.29) is 6.54 Å². The van der Waals surface area contributed by atoms with Crippen molar-refractivity contribution in [3.05, 3.63) is 16.6 Å². The topological polar surface area (TPSA) is 54.0 Å². The Morgan fingerprint density at radius 1 is 1.47 bits per heavy atom. The van der Waals surface area contributed by atoms with Gasteiger partial charge in [0.2, 0.25) is 0 Å². The lowest BCUT2D eigenvalue weighted by atomic mass is 10.5. The Balaban J connectivity index is 2.20. The van der Waals surface area contributed by atoms with Crippen LogP contribution in [0.5, 0.6) is 0 Å². The van der Waals surface area contributed by atoms with Gasteiger partial charge in [-0.05, 0) is 0 Å². The molecule has 0 aliphatic carbocycles. The number of urea groups is 1. The van der Waals surface area contributed by atoms with E-state index < -0.39 is 18.8 Å². The number of hydrogen-bond donors (Lipinski definition) is 2. The summed E-state index contributed by atoms with van der Waals surface area (Å²) < 4.78 is 35.0. The van der Waals surface area contributed by atoms with Crippen LogP contribution in [0.3, 0.4) is 0 Å². The van der Waals surface area contributed by atoms with Crippen molar-refractivity contribution in [3.8, 4) is 0 Å². The number of nitrogens with zero attached hydrogens (tertiary/aromatic N) is 1. The molecule has 0 aliphatic heterocycles. The second kappa shape index (κ2) is 4.96. The Morgan fingerprint density at radius 2 is 2.20 bits per heavy atom. The summed E-state index contributed by atoms with van der Waals surface area (Å²) in [7, 11) is 0. The lowest BCUT2D eigenvalue weighted by Gasteiger charge is -2.08. The fourth-order valence-corrected chi connectivity index (χ4v) is 1.30. The van der Waals surface area contributed by atoms with Crippen LogP contribution in [0.15, 0.2) is 10.9 Å². The Morgan fingerprint density at radius 3 is 2.73 bits per heavy atom. The smallest absolute Gasteiger partial charge is 0.332 e. The first-order valence-electron chi connectivity index (χ1n) is 3.93. The van der Waals surface area contributed by atoms with Crippen LogP contribution in [0.4, 0.5) is 18.0 Å². The third-order valence-corrected chi connectivity index (χ3v) is 2.00. The lowest BCUT2D eigenvalue weighted by molar-refractivity contribution is -0.122. The molecule has 8 heteroatoms. The average molecular weight is 239 g/mol. The standard InChI is InChI=1S/C7H8F3N3OS/c8-7(9,10)3-12-6(14)11-1-5-2-15-4-13-5/h2,4H,1,3H2,(H2,11,12,14). The van der Waals surface area contributed by atoms with Crippen molar-refractivity contribution in [2.45, 2.75) is 12.7 Å². The van der Waals surface area contributed by atoms with Gasteiger partial charge in [-0.1, -0.05) is 0 Å². The molecule has 2 amide bonds. The molecule has 0 aliphatic rings. The molecule has 84 valence electrons. The van der Waals surface area contributed by atoms with Gasteiger partial charge in [-0.2, -0.15) is 13.2 Å². The minimum Gasteiger partial charge on any atom is -0.332 e. The number of nitrogens with one attached hydrogen (secondary N) is 2. The van der Waals surface area contributed by atoms with Crippen LogP contribution in [0.25, 0.3) is 0 Å². The average Bonchev–Trinajstić information content (AvgIpc) is 2.62. The molecule has 4 nitrogen and oxygen atoms in total. The summed E-state index contributed by atoms with van der Waals surface area (Å²) in [5.41, 5.74) is 2.19. The van der Waals surface area contributed by atoms with Gasteiger partial charge in [0.25, 0.3) is 0 Å². The largest absolute Gasteiger partial charge is 0.405 e. The van der Waals surface area contributed by atoms with E-state index in [2.05, 4.69) is 10.3 Å². The Hall–Kier alpha value is -1.31. The molecular formula is C7H8F3N3OS. The molecular weight excluding hydrogens is 231 g/mol. The monoisotopic (exact) mass is 239 g/mol. The third-order valence-electron chi connectivity index (χ3n) is 1.36. The molecule has 2 N–H and O–H groups in total. The highest BCUT2D eigenvalue weighted by Crippen LogP contribution is 2.11. The highest BCUT2D eigenvalue weighted by Gasteiger charge is 2.27. The number of amides is 2. The van der Waals surface area contributed by atoms with E-state index in [4.69, 9.17) is 0 Å². The zero-order chi connectivity index (χ0) is 11.3. The maximum Gasteiger partial charge on any atom is 0.405 e. The molecule has 0 aromatic carbocycles. The molecule has 0 spiro atoms. The molecule has 0 radical (unpaired) electrons. The summed E-state index contributed by atoms with van der Waals surface area (Å²) in [5.74, 6) is 0. The number of halogens is 3. The first-order chi connectivity index (χ1) is 6.97. The molecule has 0 unspecified atom stereocenters. The maximum absolute atomic E-state index is 11.7. The first-order valence-corrected chi connectivity index (χ1v) is 4.87. The van der Waals surface area contributed by atoms with Crippen LogP contribution in [0.1, 0.15) is 5.69 Å². The Kier molecular flexibility index (Phi) is 3.89. The van der Waals surface area contributed by atoms with Crippen molar-refractivity contribution in [2.24, 2.45) is 0 Å². The molecule has 0 saturated heterocycles. The fraction of sp³-hybridized carbons (Fsp3) is 0.429. The van der Waals surface area contributed by atoms with Crippen LogP contribution in [-0.4, -0.2) is 23.7 Å². The Labute approximate surface area is 87.5 Å². The summed E-state index contributed by atoms with van der Waals surface area (Å²) >= 11 is 1.35. The van der Waals surface area contributed by atoms with E-state index >= 15 is 0 Å². The number of carbonyl (C=O) groups excluding carboxylic acids is 1. The van der Waals surface area contributed by atoms with E-state index in [0.717, 1.165) is 0 Å². The summed E-state index contributed by atoms with van der Waals surface area (Å²) in [4.78, 5) is 14.7. The van der Waals surface area contributed by atoms with E-state index in [1.165, 1.54) is 11.3 Å². The number of thiazole rings is 1. The van der Waals surface area contributed by atoms with Crippen molar-refractivity contribution in [3.63, 3.8) is 0 Å². The van der Waals surface area contributed by atoms with Crippen LogP contribution >= 0.6 is 11.3 Å². The number of alkyl halides is 3. The van der Waals surface area contributed by atoms with Crippen LogP contribution in [-0.2, 0) is 6.54 Å². The van der Waals surface area contributed by atoms with Crippen LogP contribution in [0, 0.1) is 0 Å². The molecule has 0 saturated carbocycles. The lowest BCUT2D eigenvalue weighted by Crippen LogP contribution is -2.40. The van der Waals surface area contributed by atoms with Crippen molar-refractivity contribution in [1.29, 1.82) is 0 Å². The van der Waals surface area contributed by atoms with Crippen molar-refractivity contribution >= 4 is 17.4 Å². The van der Waals surface area contributed by atoms with E-state index in [0.29, 0.717) is 5.69 Å². The summed E-state index contributed by atoms with van der Waals surface area (Å²) in [6.07, 6.45) is -4.39. The molecule has 1 rings (SSSR count). The zero-order valence-electron chi connectivity index (χ0n) is 7.47. The second-order valence-electron chi connectivity index (χ2n) is 2.63. The summed E-state index contributed by atoms with van der Waals surface area (Å²) in [6, 6.07) is -0.861. The van der Waals surface area contributed by atoms with Gasteiger partial charge in [0.15, 0.2) is 0 Å². The zero-order valence-corrected chi connectivity index (χ0v) is 8.28. The number of rotatable bonds is 3. The van der Waals surface area contributed by atoms with Crippen LogP contribution < -0.4 is 10.6 Å². The van der Waals surface area contributed by atoms with Gasteiger partial charge in [0, 0.05) is 5.38 Å². The number of hydrogen-bond acceptors (Lipinski definition) is 3. The van der Waals surface area contributed by atoms with Gasteiger partial charge >= 0.3 is 12.2 Å². The normalized spacial score (nSPS) is 11.1. The van der Waals surface area contributed by atoms with Crippen molar-refractivity contribution < 1.29 is 18.0 Å². The predicted octanol–water partition coefficient (Wildman–Crippen LogP) is 1.50. The maximum atomic E-state index is 11.7. The molecule has 1 heterocycles. The van der Waals surface area contributed by atoms with Crippen LogP contribution in [0.2, 0.25) is 0 Å². The summed E-state index contributed by atoms with van der Waals surface area (Å²) in [6.45, 7) is -1.22. The Bertz CT molecular complexity index is 312. The third kappa shape index (κ3) is 5.21. The molecule has 0 fully saturated rings. The molecule has 0 bridgehead atoms. The molecule has 0 atom stereocenters. The minimum atomic E-state index is -4.39. The van der Waals surface area contributed by atoms with E-state index in [1.54, 1.807) is 16.2 Å². The quantitative estimate of drug-likeness (QED) is 0.840. The van der Waals surface area contributed by atoms with Crippen molar-refractivity contribution in [1.82, 2.24) is 15.6 Å². The SMILES string of the molecule is O=C(NCc1cscn1)NCC(F)(F)F. The second-order valence-corrected chi connectivity index (χ2v) is 3.35. The fourth-order valence-electron chi connectivity index (χ4n) is 0.739. The van der Waals surface area contributed by atoms with Gasteiger partial charge < -0.3 is 10.6 Å². The number of carbonyl (C=O) groups is 1. The molecule has 15 heavy (non-hydrogen) atoms. The van der Waals surface area contributed by atoms with E-state index in [9.17, 15) is 18.0 Å². The molecule has 1 aromatic rings. The van der Waals surface area contributed by atoms with Gasteiger partial charge in [-0.3, -0.25) is 0 Å². The number of aromatic nitrogens is 1. The highest BCUT2D eigenvalue weighted by molar-refractivity contribution is 7.07. The van der Waals surface area contributed by atoms with Gasteiger partial charge in [0.1, 0.15) is 6.54 Å². The molecule has 1 aromatic heterocycles. The van der Waals surface area contributed by atoms with E-state index in [1.807, 2.05) is 0 Å². The van der Waals surface area contributed by atoms with Gasteiger partial charge in [-0.15, -0.1) is 11.3 Å². The summed E-state index contributed by atoms with van der Waals surface area (Å²) in [5, 5.41) is 5.64. The van der Waals surface area contributed by atoms with Gasteiger partial charge in [-0.25, -0.2) is 9.78 Å². The highest BCUT2D eigenvalue weighted by atomic mass is 32.1. The minimum absolute atomic E-state index is 0.118. The predicted molar refractivity (Wildman–Crippen MR) is 48.4 cm³/mol. The van der Waals surface area contributed by atoms with Crippen molar-refractivity contribution in [2.75, 3.05) is 6.54 Å². The first kappa shape index (κ1) is 11.8.